The van der Waals surface area contributed by atoms with Crippen molar-refractivity contribution in [3.63, 3.8) is 0 Å². The van der Waals surface area contributed by atoms with Crippen molar-refractivity contribution >= 4 is 5.78 Å². The number of nitriles is 1. The molecule has 0 saturated carbocycles. The van der Waals surface area contributed by atoms with E-state index in [9.17, 15) is 4.79 Å². The van der Waals surface area contributed by atoms with Crippen LogP contribution in [0.15, 0.2) is 48.5 Å². The Morgan fingerprint density at radius 1 is 1.00 bits per heavy atom. The summed E-state index contributed by atoms with van der Waals surface area (Å²) in [6.45, 7) is 3.27. The predicted octanol–water partition coefficient (Wildman–Crippen LogP) is 3.78. The minimum atomic E-state index is -0.0910. The Bertz CT molecular complexity index is 722. The first-order chi connectivity index (χ1) is 11.3. The Balaban J connectivity index is 1.74. The van der Waals surface area contributed by atoms with Crippen molar-refractivity contribution in [3.05, 3.63) is 70.8 Å². The number of piperidine rings is 1. The Morgan fingerprint density at radius 2 is 1.70 bits per heavy atom. The fraction of sp³-hybridized carbons (Fsp3) is 0.300. The van der Waals surface area contributed by atoms with Gasteiger partial charge < -0.3 is 0 Å². The number of nitrogens with zero attached hydrogens (tertiary/aromatic N) is 2. The third kappa shape index (κ3) is 3.67. The maximum Gasteiger partial charge on any atom is 0.194 e. The van der Waals surface area contributed by atoms with E-state index in [0.717, 1.165) is 19.6 Å². The van der Waals surface area contributed by atoms with E-state index in [4.69, 9.17) is 5.26 Å². The van der Waals surface area contributed by atoms with Crippen molar-refractivity contribution in [2.45, 2.75) is 25.8 Å². The molecular weight excluding hydrogens is 284 g/mol. The van der Waals surface area contributed by atoms with E-state index in [2.05, 4.69) is 11.0 Å². The molecule has 1 saturated heterocycles. The van der Waals surface area contributed by atoms with E-state index in [-0.39, 0.29) is 5.78 Å². The molecule has 116 valence electrons. The van der Waals surface area contributed by atoms with Gasteiger partial charge >= 0.3 is 0 Å². The Morgan fingerprint density at radius 3 is 2.39 bits per heavy atom. The number of hydrogen-bond acceptors (Lipinski definition) is 3. The van der Waals surface area contributed by atoms with Crippen LogP contribution in [0, 0.1) is 11.3 Å². The summed E-state index contributed by atoms with van der Waals surface area (Å²) >= 11 is 0. The van der Waals surface area contributed by atoms with Gasteiger partial charge in [0, 0.05) is 17.7 Å². The van der Waals surface area contributed by atoms with Crippen LogP contribution in [0.1, 0.15) is 46.3 Å². The van der Waals surface area contributed by atoms with Crippen LogP contribution in [0.4, 0.5) is 0 Å². The second-order valence-electron chi connectivity index (χ2n) is 6.02. The predicted molar refractivity (Wildman–Crippen MR) is 90.2 cm³/mol. The van der Waals surface area contributed by atoms with Crippen molar-refractivity contribution in [1.82, 2.24) is 4.90 Å². The van der Waals surface area contributed by atoms with E-state index in [1.54, 1.807) is 24.3 Å². The second-order valence-corrected chi connectivity index (χ2v) is 6.02. The maximum absolute atomic E-state index is 12.6. The summed E-state index contributed by atoms with van der Waals surface area (Å²) < 4.78 is 0. The molecule has 3 heteroatoms. The first-order valence-corrected chi connectivity index (χ1v) is 8.13. The third-order valence-electron chi connectivity index (χ3n) is 4.36. The number of hydrogen-bond donors (Lipinski definition) is 0. The van der Waals surface area contributed by atoms with Gasteiger partial charge in [-0.05, 0) is 43.6 Å². The summed E-state index contributed by atoms with van der Waals surface area (Å²) in [5.41, 5.74) is 2.76. The monoisotopic (exact) mass is 304 g/mol. The summed E-state index contributed by atoms with van der Waals surface area (Å²) in [7, 11) is 0. The van der Waals surface area contributed by atoms with Crippen molar-refractivity contribution < 1.29 is 4.79 Å². The van der Waals surface area contributed by atoms with Gasteiger partial charge in [0.25, 0.3) is 0 Å². The minimum absolute atomic E-state index is 0.0910. The first-order valence-electron chi connectivity index (χ1n) is 8.13. The van der Waals surface area contributed by atoms with Crippen molar-refractivity contribution in [3.8, 4) is 6.07 Å². The van der Waals surface area contributed by atoms with Gasteiger partial charge in [-0.25, -0.2) is 0 Å². The van der Waals surface area contributed by atoms with Gasteiger partial charge in [-0.1, -0.05) is 42.8 Å². The molecule has 0 atom stereocenters. The van der Waals surface area contributed by atoms with Crippen LogP contribution < -0.4 is 0 Å². The van der Waals surface area contributed by atoms with E-state index >= 15 is 0 Å². The van der Waals surface area contributed by atoms with Crippen LogP contribution in [0.2, 0.25) is 0 Å². The highest BCUT2D eigenvalue weighted by molar-refractivity contribution is 6.10. The molecule has 0 spiro atoms. The lowest BCUT2D eigenvalue weighted by Gasteiger charge is -2.26. The lowest BCUT2D eigenvalue weighted by atomic mass is 9.98. The molecule has 2 aromatic carbocycles. The highest BCUT2D eigenvalue weighted by Gasteiger charge is 2.14. The normalized spacial score (nSPS) is 15.1. The molecule has 0 amide bonds. The molecule has 0 unspecified atom stereocenters. The maximum atomic E-state index is 12.6. The topological polar surface area (TPSA) is 44.1 Å². The van der Waals surface area contributed by atoms with Gasteiger partial charge in [0.05, 0.1) is 11.6 Å². The largest absolute Gasteiger partial charge is 0.299 e. The Kier molecular flexibility index (Phi) is 4.85. The van der Waals surface area contributed by atoms with Crippen LogP contribution >= 0.6 is 0 Å². The molecule has 0 aliphatic carbocycles. The Hall–Kier alpha value is -2.44. The molecule has 3 nitrogen and oxygen atoms in total. The van der Waals surface area contributed by atoms with Gasteiger partial charge in [0.2, 0.25) is 0 Å². The zero-order valence-electron chi connectivity index (χ0n) is 13.2. The Labute approximate surface area is 137 Å². The highest BCUT2D eigenvalue weighted by Crippen LogP contribution is 2.17. The smallest absolute Gasteiger partial charge is 0.194 e. The van der Waals surface area contributed by atoms with Crippen LogP contribution in [-0.2, 0) is 6.54 Å². The number of rotatable bonds is 4. The van der Waals surface area contributed by atoms with Crippen molar-refractivity contribution in [2.75, 3.05) is 13.1 Å². The molecule has 0 aromatic heterocycles. The zero-order valence-corrected chi connectivity index (χ0v) is 13.2. The summed E-state index contributed by atoms with van der Waals surface area (Å²) in [6.07, 6.45) is 3.89. The quantitative estimate of drug-likeness (QED) is 0.808. The summed E-state index contributed by atoms with van der Waals surface area (Å²) in [5.74, 6) is -0.0910. The van der Waals surface area contributed by atoms with E-state index in [0.29, 0.717) is 16.7 Å². The summed E-state index contributed by atoms with van der Waals surface area (Å²) in [4.78, 5) is 15.0. The standard InChI is InChI=1S/C20H20N2O/c21-14-18-6-2-3-7-19(18)20(23)17-10-8-16(9-11-17)15-22-12-4-1-5-13-22/h2-3,6-11H,1,4-5,12-13,15H2. The van der Waals surface area contributed by atoms with Crippen LogP contribution in [0.5, 0.6) is 0 Å². The molecule has 0 bridgehead atoms. The first kappa shape index (κ1) is 15.5. The lowest BCUT2D eigenvalue weighted by molar-refractivity contribution is 0.103. The fourth-order valence-electron chi connectivity index (χ4n) is 3.07. The van der Waals surface area contributed by atoms with Gasteiger partial charge in [-0.2, -0.15) is 5.26 Å². The van der Waals surface area contributed by atoms with Gasteiger partial charge in [0.15, 0.2) is 5.78 Å². The molecule has 23 heavy (non-hydrogen) atoms. The SMILES string of the molecule is N#Cc1ccccc1C(=O)c1ccc(CN2CCCCC2)cc1. The third-order valence-corrected chi connectivity index (χ3v) is 4.36. The molecule has 0 N–H and O–H groups in total. The van der Waals surface area contributed by atoms with Crippen LogP contribution in [0.3, 0.4) is 0 Å². The molecule has 1 aliphatic heterocycles. The summed E-state index contributed by atoms with van der Waals surface area (Å²) in [5, 5.41) is 9.13. The average Bonchev–Trinajstić information content (AvgIpc) is 2.62. The number of benzene rings is 2. The number of likely N-dealkylation sites (tertiary alicyclic amines) is 1. The van der Waals surface area contributed by atoms with Crippen molar-refractivity contribution in [1.29, 1.82) is 5.26 Å². The highest BCUT2D eigenvalue weighted by atomic mass is 16.1. The lowest BCUT2D eigenvalue weighted by Crippen LogP contribution is -2.29. The van der Waals surface area contributed by atoms with Gasteiger partial charge in [-0.3, -0.25) is 9.69 Å². The van der Waals surface area contributed by atoms with Gasteiger partial charge in [0.1, 0.15) is 0 Å². The van der Waals surface area contributed by atoms with Crippen molar-refractivity contribution in [2.24, 2.45) is 0 Å². The zero-order chi connectivity index (χ0) is 16.1. The minimum Gasteiger partial charge on any atom is -0.299 e. The molecule has 1 heterocycles. The van der Waals surface area contributed by atoms with Crippen LogP contribution in [0.25, 0.3) is 0 Å². The van der Waals surface area contributed by atoms with Gasteiger partial charge in [-0.15, -0.1) is 0 Å². The number of carbonyl (C=O) groups is 1. The van der Waals surface area contributed by atoms with E-state index in [1.807, 2.05) is 24.3 Å². The van der Waals surface area contributed by atoms with E-state index in [1.165, 1.54) is 24.8 Å². The van der Waals surface area contributed by atoms with Crippen LogP contribution in [-0.4, -0.2) is 23.8 Å². The molecule has 0 radical (unpaired) electrons. The fourth-order valence-corrected chi connectivity index (χ4v) is 3.07. The summed E-state index contributed by atoms with van der Waals surface area (Å²) in [6, 6.07) is 16.8. The molecular formula is C20H20N2O. The molecule has 3 rings (SSSR count). The number of ketones is 1. The molecule has 1 fully saturated rings. The number of carbonyl (C=O) groups excluding carboxylic acids is 1. The average molecular weight is 304 g/mol. The molecule has 1 aliphatic rings. The van der Waals surface area contributed by atoms with E-state index < -0.39 is 0 Å². The second kappa shape index (κ2) is 7.21. The molecule has 2 aromatic rings.